The Kier molecular flexibility index (Phi) is 6.58. The van der Waals surface area contributed by atoms with Gasteiger partial charge in [-0.2, -0.15) is 0 Å². The molecule has 152 valence electrons. The van der Waals surface area contributed by atoms with Gasteiger partial charge in [-0.3, -0.25) is 4.79 Å². The quantitative estimate of drug-likeness (QED) is 0.730. The predicted octanol–water partition coefficient (Wildman–Crippen LogP) is 3.42. The molecule has 1 aromatic rings. The van der Waals surface area contributed by atoms with E-state index in [0.29, 0.717) is 18.0 Å². The van der Waals surface area contributed by atoms with Gasteiger partial charge in [0.2, 0.25) is 10.0 Å². The number of ether oxygens (including phenoxy) is 1. The SMILES string of the molecule is COc1ccc(C(=O)N(CCC(C)C)C2CC2)cc1S(=O)(=O)NC(C)(C)C. The molecule has 1 N–H and O–H groups in total. The van der Waals surface area contributed by atoms with Crippen LogP contribution < -0.4 is 9.46 Å². The lowest BCUT2D eigenvalue weighted by Gasteiger charge is -2.25. The number of rotatable bonds is 8. The molecule has 0 aromatic heterocycles. The fraction of sp³-hybridized carbons (Fsp3) is 0.650. The van der Waals surface area contributed by atoms with Crippen molar-refractivity contribution >= 4 is 15.9 Å². The second-order valence-corrected chi connectivity index (χ2v) is 10.3. The van der Waals surface area contributed by atoms with Crippen LogP contribution in [0.5, 0.6) is 5.75 Å². The first-order valence-electron chi connectivity index (χ1n) is 9.47. The lowest BCUT2D eigenvalue weighted by atomic mass is 10.1. The van der Waals surface area contributed by atoms with E-state index >= 15 is 0 Å². The van der Waals surface area contributed by atoms with Gasteiger partial charge in [-0.25, -0.2) is 13.1 Å². The van der Waals surface area contributed by atoms with Crippen LogP contribution in [-0.2, 0) is 10.0 Å². The minimum atomic E-state index is -3.82. The van der Waals surface area contributed by atoms with Gasteiger partial charge in [-0.05, 0) is 64.2 Å². The Labute approximate surface area is 163 Å². The van der Waals surface area contributed by atoms with Gasteiger partial charge in [-0.1, -0.05) is 13.8 Å². The van der Waals surface area contributed by atoms with Gasteiger partial charge in [0.25, 0.3) is 5.91 Å². The Morgan fingerprint density at radius 1 is 1.30 bits per heavy atom. The lowest BCUT2D eigenvalue weighted by molar-refractivity contribution is 0.0735. The third kappa shape index (κ3) is 5.94. The molecule has 0 spiro atoms. The first kappa shape index (κ1) is 21.7. The summed E-state index contributed by atoms with van der Waals surface area (Å²) in [7, 11) is -2.40. The molecule has 0 saturated heterocycles. The molecule has 1 aromatic carbocycles. The minimum absolute atomic E-state index is 0.00891. The first-order chi connectivity index (χ1) is 12.4. The monoisotopic (exact) mass is 396 g/mol. The van der Waals surface area contributed by atoms with Crippen LogP contribution in [0.25, 0.3) is 0 Å². The van der Waals surface area contributed by atoms with Gasteiger partial charge in [-0.15, -0.1) is 0 Å². The van der Waals surface area contributed by atoms with Crippen molar-refractivity contribution in [2.24, 2.45) is 5.92 Å². The van der Waals surface area contributed by atoms with Crippen molar-refractivity contribution in [1.29, 1.82) is 0 Å². The Bertz CT molecular complexity index is 778. The number of nitrogens with zero attached hydrogens (tertiary/aromatic N) is 1. The smallest absolute Gasteiger partial charge is 0.254 e. The van der Waals surface area contributed by atoms with E-state index < -0.39 is 15.6 Å². The third-order valence-corrected chi connectivity index (χ3v) is 6.12. The molecule has 1 aliphatic rings. The molecule has 0 radical (unpaired) electrons. The van der Waals surface area contributed by atoms with E-state index in [-0.39, 0.29) is 22.6 Å². The average Bonchev–Trinajstić information content (AvgIpc) is 3.36. The number of amides is 1. The summed E-state index contributed by atoms with van der Waals surface area (Å²) in [5, 5.41) is 0. The molecule has 0 unspecified atom stereocenters. The van der Waals surface area contributed by atoms with Gasteiger partial charge in [0, 0.05) is 23.7 Å². The fourth-order valence-electron chi connectivity index (χ4n) is 2.88. The molecule has 1 saturated carbocycles. The number of carbonyl (C=O) groups excluding carboxylic acids is 1. The maximum absolute atomic E-state index is 13.1. The van der Waals surface area contributed by atoms with Crippen LogP contribution in [0.1, 0.15) is 64.2 Å². The molecular formula is C20H32N2O4S. The average molecular weight is 397 g/mol. The Hall–Kier alpha value is -1.60. The second kappa shape index (κ2) is 8.19. The van der Waals surface area contributed by atoms with Crippen molar-refractivity contribution in [1.82, 2.24) is 9.62 Å². The van der Waals surface area contributed by atoms with Crippen molar-refractivity contribution < 1.29 is 17.9 Å². The molecule has 7 heteroatoms. The summed E-state index contributed by atoms with van der Waals surface area (Å²) in [6.07, 6.45) is 2.95. The Morgan fingerprint density at radius 3 is 2.41 bits per heavy atom. The highest BCUT2D eigenvalue weighted by atomic mass is 32.2. The zero-order valence-electron chi connectivity index (χ0n) is 17.2. The molecule has 0 bridgehead atoms. The van der Waals surface area contributed by atoms with E-state index in [0.717, 1.165) is 19.3 Å². The number of hydrogen-bond donors (Lipinski definition) is 1. The van der Waals surface area contributed by atoms with E-state index in [2.05, 4.69) is 18.6 Å². The van der Waals surface area contributed by atoms with Crippen LogP contribution in [-0.4, -0.2) is 44.5 Å². The number of hydrogen-bond acceptors (Lipinski definition) is 4. The third-order valence-electron chi connectivity index (χ3n) is 4.34. The van der Waals surface area contributed by atoms with Crippen molar-refractivity contribution in [3.8, 4) is 5.75 Å². The summed E-state index contributed by atoms with van der Waals surface area (Å²) >= 11 is 0. The highest BCUT2D eigenvalue weighted by Crippen LogP contribution is 2.31. The fourth-order valence-corrected chi connectivity index (χ4v) is 4.49. The molecule has 0 aliphatic heterocycles. The van der Waals surface area contributed by atoms with Crippen LogP contribution in [0.3, 0.4) is 0 Å². The van der Waals surface area contributed by atoms with Crippen molar-refractivity contribution in [3.05, 3.63) is 23.8 Å². The lowest BCUT2D eigenvalue weighted by Crippen LogP contribution is -2.40. The number of carbonyl (C=O) groups is 1. The van der Waals surface area contributed by atoms with E-state index in [1.165, 1.54) is 13.2 Å². The summed E-state index contributed by atoms with van der Waals surface area (Å²) in [6.45, 7) is 10.3. The highest BCUT2D eigenvalue weighted by molar-refractivity contribution is 7.89. The number of nitrogens with one attached hydrogen (secondary N) is 1. The van der Waals surface area contributed by atoms with Gasteiger partial charge >= 0.3 is 0 Å². The maximum atomic E-state index is 13.1. The molecular weight excluding hydrogens is 364 g/mol. The second-order valence-electron chi connectivity index (χ2n) is 8.63. The summed E-state index contributed by atoms with van der Waals surface area (Å²) in [5.41, 5.74) is -0.262. The largest absolute Gasteiger partial charge is 0.495 e. The van der Waals surface area contributed by atoms with Crippen LogP contribution in [0.15, 0.2) is 23.1 Å². The molecule has 1 aliphatic carbocycles. The predicted molar refractivity (Wildman–Crippen MR) is 107 cm³/mol. The van der Waals surface area contributed by atoms with Crippen LogP contribution in [0.4, 0.5) is 0 Å². The normalized spacial score (nSPS) is 15.1. The van der Waals surface area contributed by atoms with Crippen molar-refractivity contribution in [2.75, 3.05) is 13.7 Å². The van der Waals surface area contributed by atoms with Gasteiger partial charge in [0.1, 0.15) is 10.6 Å². The molecule has 1 fully saturated rings. The standard InChI is InChI=1S/C20H32N2O4S/c1-14(2)11-12-22(16-8-9-16)19(23)15-7-10-17(26-6)18(13-15)27(24,25)21-20(3,4)5/h7,10,13-14,16,21H,8-9,11-12H2,1-6H3. The van der Waals surface area contributed by atoms with E-state index in [1.54, 1.807) is 32.9 Å². The molecule has 2 rings (SSSR count). The van der Waals surface area contributed by atoms with E-state index in [9.17, 15) is 13.2 Å². The topological polar surface area (TPSA) is 75.7 Å². The molecule has 0 atom stereocenters. The highest BCUT2D eigenvalue weighted by Gasteiger charge is 2.34. The first-order valence-corrected chi connectivity index (χ1v) is 11.0. The van der Waals surface area contributed by atoms with Crippen molar-refractivity contribution in [3.63, 3.8) is 0 Å². The van der Waals surface area contributed by atoms with Crippen LogP contribution in [0, 0.1) is 5.92 Å². The number of methoxy groups -OCH3 is 1. The number of sulfonamides is 1. The van der Waals surface area contributed by atoms with Gasteiger partial charge < -0.3 is 9.64 Å². The van der Waals surface area contributed by atoms with Crippen molar-refractivity contribution in [2.45, 2.75) is 70.4 Å². The number of benzene rings is 1. The summed E-state index contributed by atoms with van der Waals surface area (Å²) < 4.78 is 33.5. The zero-order valence-corrected chi connectivity index (χ0v) is 18.0. The van der Waals surface area contributed by atoms with Gasteiger partial charge in [0.05, 0.1) is 7.11 Å². The van der Waals surface area contributed by atoms with E-state index in [4.69, 9.17) is 4.74 Å². The summed E-state index contributed by atoms with van der Waals surface area (Å²) in [5.74, 6) is 0.610. The summed E-state index contributed by atoms with van der Waals surface area (Å²) in [6, 6.07) is 4.89. The Balaban J connectivity index is 2.36. The maximum Gasteiger partial charge on any atom is 0.254 e. The molecule has 6 nitrogen and oxygen atoms in total. The van der Waals surface area contributed by atoms with Gasteiger partial charge in [0.15, 0.2) is 0 Å². The zero-order chi connectivity index (χ0) is 20.4. The molecule has 0 heterocycles. The van der Waals surface area contributed by atoms with E-state index in [1.807, 2.05) is 4.90 Å². The Morgan fingerprint density at radius 2 is 1.93 bits per heavy atom. The molecule has 27 heavy (non-hydrogen) atoms. The van der Waals surface area contributed by atoms with Crippen LogP contribution >= 0.6 is 0 Å². The molecule has 1 amide bonds. The van der Waals surface area contributed by atoms with Crippen LogP contribution in [0.2, 0.25) is 0 Å². The minimum Gasteiger partial charge on any atom is -0.495 e. The summed E-state index contributed by atoms with van der Waals surface area (Å²) in [4.78, 5) is 14.9.